The molecule has 6 nitrogen and oxygen atoms in total. The van der Waals surface area contributed by atoms with Crippen molar-refractivity contribution in [2.75, 3.05) is 0 Å². The molecule has 5 rings (SSSR count). The van der Waals surface area contributed by atoms with Crippen molar-refractivity contribution >= 4 is 40.1 Å². The fraction of sp³-hybridized carbons (Fsp3) is 0. The zero-order valence-electron chi connectivity index (χ0n) is 15.4. The Hall–Kier alpha value is -3.55. The van der Waals surface area contributed by atoms with Crippen molar-refractivity contribution in [3.05, 3.63) is 98.3 Å². The second-order valence-electron chi connectivity index (χ2n) is 6.46. The minimum Gasteiger partial charge on any atom is -0.493 e. The van der Waals surface area contributed by atoms with Gasteiger partial charge in [0.05, 0.1) is 27.3 Å². The van der Waals surface area contributed by atoms with E-state index in [9.17, 15) is 9.90 Å². The maximum absolute atomic E-state index is 12.7. The Morgan fingerprint density at radius 2 is 1.80 bits per heavy atom. The van der Waals surface area contributed by atoms with Gasteiger partial charge in [-0.2, -0.15) is 0 Å². The van der Waals surface area contributed by atoms with Crippen LogP contribution >= 0.6 is 22.9 Å². The number of aromatic nitrogens is 2. The molecule has 8 heteroatoms. The first-order valence-corrected chi connectivity index (χ1v) is 10.2. The third kappa shape index (κ3) is 3.04. The standard InChI is InChI=1S/C22H13ClN4O2S/c23-15-12-24-11-10-17(15)26-22-27(13-6-2-1-3-7-13)21(29)19(30-22)18-14-8-4-5-9-16(14)25-20(18)28/h1-12,29H. The van der Waals surface area contributed by atoms with Crippen LogP contribution in [0.15, 0.2) is 83.0 Å². The molecular weight excluding hydrogens is 420 g/mol. The predicted octanol–water partition coefficient (Wildman–Crippen LogP) is 2.88. The highest BCUT2D eigenvalue weighted by molar-refractivity contribution is 7.11. The molecule has 4 aromatic rings. The fourth-order valence-corrected chi connectivity index (χ4v) is 4.52. The third-order valence-corrected chi connectivity index (χ3v) is 5.96. The number of aromatic hydroxyl groups is 1. The van der Waals surface area contributed by atoms with Gasteiger partial charge in [-0.1, -0.05) is 59.3 Å². The van der Waals surface area contributed by atoms with Gasteiger partial charge in [0.2, 0.25) is 5.88 Å². The Bertz CT molecular complexity index is 1490. The zero-order chi connectivity index (χ0) is 20.7. The van der Waals surface area contributed by atoms with Crippen molar-refractivity contribution in [1.29, 1.82) is 0 Å². The maximum Gasteiger partial charge on any atom is 0.279 e. The molecule has 0 fully saturated rings. The number of halogens is 1. The highest BCUT2D eigenvalue weighted by Gasteiger charge is 2.26. The lowest BCUT2D eigenvalue weighted by Crippen LogP contribution is -2.22. The number of amides is 1. The van der Waals surface area contributed by atoms with Gasteiger partial charge in [-0.25, -0.2) is 9.98 Å². The summed E-state index contributed by atoms with van der Waals surface area (Å²) in [6.45, 7) is 0. The topological polar surface area (TPSA) is 79.8 Å². The van der Waals surface area contributed by atoms with Gasteiger partial charge < -0.3 is 5.11 Å². The highest BCUT2D eigenvalue weighted by Crippen LogP contribution is 2.31. The summed E-state index contributed by atoms with van der Waals surface area (Å²) >= 11 is 7.44. The van der Waals surface area contributed by atoms with Crippen LogP contribution < -0.4 is 15.4 Å². The Balaban J connectivity index is 1.85. The molecule has 146 valence electrons. The predicted molar refractivity (Wildman–Crippen MR) is 115 cm³/mol. The monoisotopic (exact) mass is 432 g/mol. The average molecular weight is 433 g/mol. The van der Waals surface area contributed by atoms with Gasteiger partial charge in [0.15, 0.2) is 4.80 Å². The summed E-state index contributed by atoms with van der Waals surface area (Å²) in [7, 11) is 0. The molecule has 0 bridgehead atoms. The fourth-order valence-electron chi connectivity index (χ4n) is 3.26. The van der Waals surface area contributed by atoms with E-state index >= 15 is 0 Å². The number of carbonyl (C=O) groups excluding carboxylic acids is 1. The SMILES string of the molecule is O=C1N=c2ccccc2=C1c1sc(=Nc2ccncc2Cl)n(-c2ccccc2)c1O. The third-order valence-electron chi connectivity index (χ3n) is 4.62. The van der Waals surface area contributed by atoms with Crippen molar-refractivity contribution in [2.45, 2.75) is 0 Å². The summed E-state index contributed by atoms with van der Waals surface area (Å²) in [5.74, 6) is -0.466. The molecule has 0 saturated heterocycles. The van der Waals surface area contributed by atoms with Crippen LogP contribution in [0.25, 0.3) is 11.3 Å². The first-order chi connectivity index (χ1) is 14.6. The number of fused-ring (bicyclic) bond motifs is 1. The molecule has 30 heavy (non-hydrogen) atoms. The van der Waals surface area contributed by atoms with E-state index in [-0.39, 0.29) is 11.8 Å². The molecule has 0 saturated carbocycles. The van der Waals surface area contributed by atoms with Crippen LogP contribution in [0.4, 0.5) is 5.69 Å². The summed E-state index contributed by atoms with van der Waals surface area (Å²) in [6.07, 6.45) is 3.10. The van der Waals surface area contributed by atoms with E-state index in [2.05, 4.69) is 15.0 Å². The van der Waals surface area contributed by atoms with Crippen molar-refractivity contribution in [3.8, 4) is 11.6 Å². The van der Waals surface area contributed by atoms with E-state index in [0.717, 1.165) is 0 Å². The Morgan fingerprint density at radius 3 is 2.60 bits per heavy atom. The molecule has 2 aromatic heterocycles. The number of rotatable bonds is 3. The second kappa shape index (κ2) is 7.37. The molecular formula is C22H13ClN4O2S. The Morgan fingerprint density at radius 1 is 1.03 bits per heavy atom. The lowest BCUT2D eigenvalue weighted by molar-refractivity contribution is -0.112. The smallest absolute Gasteiger partial charge is 0.279 e. The first kappa shape index (κ1) is 18.5. The molecule has 1 aliphatic heterocycles. The van der Waals surface area contributed by atoms with E-state index in [1.54, 1.807) is 22.9 Å². The molecule has 1 aliphatic rings. The molecule has 1 N–H and O–H groups in total. The molecule has 2 aromatic carbocycles. The summed E-state index contributed by atoms with van der Waals surface area (Å²) < 4.78 is 1.60. The van der Waals surface area contributed by atoms with Gasteiger partial charge in [0.25, 0.3) is 5.91 Å². The lowest BCUT2D eigenvalue weighted by Gasteiger charge is -2.05. The van der Waals surface area contributed by atoms with Crippen molar-refractivity contribution in [3.63, 3.8) is 0 Å². The number of hydrogen-bond donors (Lipinski definition) is 1. The molecule has 0 unspecified atom stereocenters. The van der Waals surface area contributed by atoms with Crippen molar-refractivity contribution in [2.24, 2.45) is 9.98 Å². The molecule has 0 radical (unpaired) electrons. The molecule has 0 aliphatic carbocycles. The van der Waals surface area contributed by atoms with Crippen LogP contribution in [0.1, 0.15) is 4.88 Å². The summed E-state index contributed by atoms with van der Waals surface area (Å²) in [6, 6.07) is 18.3. The number of nitrogens with zero attached hydrogens (tertiary/aromatic N) is 4. The number of thiazole rings is 1. The quantitative estimate of drug-likeness (QED) is 0.540. The minimum absolute atomic E-state index is 0.0784. The van der Waals surface area contributed by atoms with E-state index in [1.165, 1.54) is 17.5 Å². The van der Waals surface area contributed by atoms with Gasteiger partial charge >= 0.3 is 0 Å². The number of benzene rings is 2. The molecule has 0 spiro atoms. The molecule has 3 heterocycles. The van der Waals surface area contributed by atoms with E-state index < -0.39 is 0 Å². The van der Waals surface area contributed by atoms with E-state index in [4.69, 9.17) is 11.6 Å². The van der Waals surface area contributed by atoms with Crippen LogP contribution in [-0.2, 0) is 4.79 Å². The minimum atomic E-state index is -0.388. The van der Waals surface area contributed by atoms with Crippen molar-refractivity contribution in [1.82, 2.24) is 9.55 Å². The zero-order valence-corrected chi connectivity index (χ0v) is 16.9. The number of carbonyl (C=O) groups is 1. The van der Waals surface area contributed by atoms with Crippen LogP contribution in [0.2, 0.25) is 5.02 Å². The van der Waals surface area contributed by atoms with Crippen LogP contribution in [0.5, 0.6) is 5.88 Å². The maximum atomic E-state index is 12.7. The molecule has 1 amide bonds. The average Bonchev–Trinajstić information content (AvgIpc) is 3.25. The van der Waals surface area contributed by atoms with Gasteiger partial charge in [-0.15, -0.1) is 0 Å². The van der Waals surface area contributed by atoms with Crippen LogP contribution in [0, 0.1) is 0 Å². The van der Waals surface area contributed by atoms with E-state index in [1.807, 2.05) is 48.5 Å². The second-order valence-corrected chi connectivity index (χ2v) is 7.84. The lowest BCUT2D eigenvalue weighted by atomic mass is 10.1. The highest BCUT2D eigenvalue weighted by atomic mass is 35.5. The van der Waals surface area contributed by atoms with Crippen LogP contribution in [-0.4, -0.2) is 20.6 Å². The number of hydrogen-bond acceptors (Lipinski definition) is 5. The van der Waals surface area contributed by atoms with Crippen LogP contribution in [0.3, 0.4) is 0 Å². The van der Waals surface area contributed by atoms with Gasteiger partial charge in [-0.3, -0.25) is 14.3 Å². The van der Waals surface area contributed by atoms with Gasteiger partial charge in [0, 0.05) is 17.6 Å². The Labute approximate surface area is 179 Å². The number of para-hydroxylation sites is 2. The first-order valence-electron chi connectivity index (χ1n) is 9.01. The largest absolute Gasteiger partial charge is 0.493 e. The van der Waals surface area contributed by atoms with Crippen molar-refractivity contribution < 1.29 is 9.90 Å². The summed E-state index contributed by atoms with van der Waals surface area (Å²) in [5.41, 5.74) is 1.58. The molecule has 0 atom stereocenters. The number of pyridine rings is 1. The Kier molecular flexibility index (Phi) is 4.54. The normalized spacial score (nSPS) is 13.4. The summed E-state index contributed by atoms with van der Waals surface area (Å²) in [4.78, 5) is 26.3. The van der Waals surface area contributed by atoms with Gasteiger partial charge in [0.1, 0.15) is 4.88 Å². The summed E-state index contributed by atoms with van der Waals surface area (Å²) in [5, 5.41) is 12.8. The van der Waals surface area contributed by atoms with E-state index in [0.29, 0.717) is 42.2 Å². The van der Waals surface area contributed by atoms with Gasteiger partial charge in [-0.05, 0) is 24.3 Å².